The fraction of sp³-hybridized carbons (Fsp3) is 0.238. The first kappa shape index (κ1) is 17.9. The molecule has 0 radical (unpaired) electrons. The van der Waals surface area contributed by atoms with Crippen molar-refractivity contribution in [1.29, 1.82) is 0 Å². The molecule has 4 nitrogen and oxygen atoms in total. The smallest absolute Gasteiger partial charge is 0.251 e. The summed E-state index contributed by atoms with van der Waals surface area (Å²) in [5.74, 6) is -0.445. The first-order valence-electron chi connectivity index (χ1n) is 8.65. The average molecular weight is 352 g/mol. The lowest BCUT2D eigenvalue weighted by Gasteiger charge is -2.07. The summed E-state index contributed by atoms with van der Waals surface area (Å²) in [6, 6.07) is 14.2. The van der Waals surface area contributed by atoms with E-state index in [0.717, 1.165) is 16.5 Å². The molecule has 0 aliphatic rings. The van der Waals surface area contributed by atoms with Crippen molar-refractivity contribution >= 4 is 16.8 Å². The van der Waals surface area contributed by atoms with Crippen LogP contribution in [0.25, 0.3) is 10.9 Å². The van der Waals surface area contributed by atoms with Crippen LogP contribution in [-0.4, -0.2) is 17.4 Å². The lowest BCUT2D eigenvalue weighted by atomic mass is 10.1. The molecule has 0 bridgehead atoms. The van der Waals surface area contributed by atoms with Crippen molar-refractivity contribution in [3.8, 4) is 0 Å². The molecule has 26 heavy (non-hydrogen) atoms. The Labute approximate surface area is 151 Å². The largest absolute Gasteiger partial charge is 0.356 e. The van der Waals surface area contributed by atoms with Crippen LogP contribution in [0.1, 0.15) is 23.1 Å². The van der Waals surface area contributed by atoms with Gasteiger partial charge in [-0.3, -0.25) is 9.59 Å². The van der Waals surface area contributed by atoms with Gasteiger partial charge in [0, 0.05) is 24.0 Å². The summed E-state index contributed by atoms with van der Waals surface area (Å²) in [6.45, 7) is 2.37. The number of hydrogen-bond acceptors (Lipinski definition) is 2. The van der Waals surface area contributed by atoms with Gasteiger partial charge in [-0.15, -0.1) is 0 Å². The van der Waals surface area contributed by atoms with Crippen LogP contribution in [0, 0.1) is 12.7 Å². The Kier molecular flexibility index (Phi) is 5.46. The predicted molar refractivity (Wildman–Crippen MR) is 101 cm³/mol. The molecule has 1 amide bonds. The molecule has 2 aromatic carbocycles. The predicted octanol–water partition coefficient (Wildman–Crippen LogP) is 3.27. The average Bonchev–Trinajstić information content (AvgIpc) is 2.62. The van der Waals surface area contributed by atoms with Crippen LogP contribution >= 0.6 is 0 Å². The third-order valence-electron chi connectivity index (χ3n) is 4.37. The minimum atomic E-state index is -0.293. The number of halogens is 1. The zero-order valence-corrected chi connectivity index (χ0v) is 14.6. The van der Waals surface area contributed by atoms with Gasteiger partial charge in [-0.25, -0.2) is 4.39 Å². The van der Waals surface area contributed by atoms with Crippen molar-refractivity contribution < 1.29 is 9.18 Å². The molecule has 3 aromatic rings. The van der Waals surface area contributed by atoms with Gasteiger partial charge >= 0.3 is 0 Å². The van der Waals surface area contributed by atoms with Crippen molar-refractivity contribution in [3.63, 3.8) is 0 Å². The Morgan fingerprint density at radius 1 is 1.08 bits per heavy atom. The number of carbonyl (C=O) groups excluding carboxylic acids is 1. The minimum absolute atomic E-state index is 0.137. The fourth-order valence-electron chi connectivity index (χ4n) is 2.93. The molecule has 0 atom stereocenters. The third-order valence-corrected chi connectivity index (χ3v) is 4.37. The Morgan fingerprint density at radius 2 is 1.88 bits per heavy atom. The Balaban J connectivity index is 1.55. The Hall–Kier alpha value is -2.95. The Morgan fingerprint density at radius 3 is 2.69 bits per heavy atom. The normalized spacial score (nSPS) is 10.8. The van der Waals surface area contributed by atoms with Crippen molar-refractivity contribution in [2.45, 2.75) is 26.2 Å². The van der Waals surface area contributed by atoms with Gasteiger partial charge in [0.25, 0.3) is 5.56 Å². The van der Waals surface area contributed by atoms with Gasteiger partial charge in [-0.1, -0.05) is 29.8 Å². The number of carbonyl (C=O) groups is 1. The highest BCUT2D eigenvalue weighted by molar-refractivity contribution is 5.79. The van der Waals surface area contributed by atoms with Gasteiger partial charge in [0.2, 0.25) is 5.91 Å². The summed E-state index contributed by atoms with van der Waals surface area (Å²) < 4.78 is 13.5. The van der Waals surface area contributed by atoms with E-state index in [2.05, 4.69) is 10.3 Å². The monoisotopic (exact) mass is 352 g/mol. The number of pyridine rings is 1. The van der Waals surface area contributed by atoms with E-state index in [1.165, 1.54) is 6.07 Å². The molecule has 0 aliphatic heterocycles. The van der Waals surface area contributed by atoms with E-state index in [4.69, 9.17) is 0 Å². The van der Waals surface area contributed by atoms with E-state index in [9.17, 15) is 14.0 Å². The second kappa shape index (κ2) is 7.95. The molecular formula is C21H21FN2O2. The molecule has 134 valence electrons. The van der Waals surface area contributed by atoms with Crippen molar-refractivity contribution in [3.05, 3.63) is 81.4 Å². The number of hydrogen-bond donors (Lipinski definition) is 2. The fourth-order valence-corrected chi connectivity index (χ4v) is 2.93. The standard InChI is InChI=1S/C21H21FN2O2/c1-14-6-8-19-17(12-14)13-16(21(26)24-19)10-11-23-20(25)9-7-15-4-2-3-5-18(15)22/h2-6,8,12-13H,7,9-11H2,1H3,(H,23,25)(H,24,26). The lowest BCUT2D eigenvalue weighted by molar-refractivity contribution is -0.121. The van der Waals surface area contributed by atoms with Gasteiger partial charge < -0.3 is 10.3 Å². The molecule has 0 fully saturated rings. The molecular weight excluding hydrogens is 331 g/mol. The maximum Gasteiger partial charge on any atom is 0.251 e. The zero-order chi connectivity index (χ0) is 18.5. The summed E-state index contributed by atoms with van der Waals surface area (Å²) in [5, 5.41) is 3.77. The second-order valence-electron chi connectivity index (χ2n) is 6.41. The summed E-state index contributed by atoms with van der Waals surface area (Å²) >= 11 is 0. The highest BCUT2D eigenvalue weighted by Crippen LogP contribution is 2.13. The number of fused-ring (bicyclic) bond motifs is 1. The molecule has 1 heterocycles. The van der Waals surface area contributed by atoms with Crippen LogP contribution in [0.2, 0.25) is 0 Å². The third kappa shape index (κ3) is 4.36. The lowest BCUT2D eigenvalue weighted by Crippen LogP contribution is -2.27. The number of aryl methyl sites for hydroxylation is 2. The maximum absolute atomic E-state index is 13.5. The molecule has 2 N–H and O–H groups in total. The van der Waals surface area contributed by atoms with Crippen LogP contribution in [0.5, 0.6) is 0 Å². The number of aromatic nitrogens is 1. The van der Waals surface area contributed by atoms with Crippen molar-refractivity contribution in [2.24, 2.45) is 0 Å². The number of benzene rings is 2. The minimum Gasteiger partial charge on any atom is -0.356 e. The number of amides is 1. The van der Waals surface area contributed by atoms with E-state index in [1.54, 1.807) is 18.2 Å². The molecule has 0 aliphatic carbocycles. The number of H-pyrrole nitrogens is 1. The number of rotatable bonds is 6. The zero-order valence-electron chi connectivity index (χ0n) is 14.6. The van der Waals surface area contributed by atoms with Gasteiger partial charge in [-0.05, 0) is 55.0 Å². The molecule has 0 spiro atoms. The molecule has 0 unspecified atom stereocenters. The Bertz CT molecular complexity index is 995. The van der Waals surface area contributed by atoms with E-state index in [0.29, 0.717) is 30.5 Å². The van der Waals surface area contributed by atoms with Gasteiger partial charge in [0.15, 0.2) is 0 Å². The summed E-state index contributed by atoms with van der Waals surface area (Å²) in [7, 11) is 0. The summed E-state index contributed by atoms with van der Waals surface area (Å²) in [5.41, 5.74) is 2.96. The number of nitrogens with one attached hydrogen (secondary N) is 2. The molecule has 0 saturated heterocycles. The van der Waals surface area contributed by atoms with E-state index in [1.807, 2.05) is 31.2 Å². The molecule has 5 heteroatoms. The quantitative estimate of drug-likeness (QED) is 0.715. The van der Waals surface area contributed by atoms with Crippen LogP contribution in [0.3, 0.4) is 0 Å². The van der Waals surface area contributed by atoms with E-state index < -0.39 is 0 Å². The van der Waals surface area contributed by atoms with Crippen molar-refractivity contribution in [1.82, 2.24) is 10.3 Å². The van der Waals surface area contributed by atoms with Crippen LogP contribution in [-0.2, 0) is 17.6 Å². The van der Waals surface area contributed by atoms with E-state index >= 15 is 0 Å². The van der Waals surface area contributed by atoms with E-state index in [-0.39, 0.29) is 23.7 Å². The SMILES string of the molecule is Cc1ccc2[nH]c(=O)c(CCNC(=O)CCc3ccccc3F)cc2c1. The van der Waals surface area contributed by atoms with Crippen LogP contribution < -0.4 is 10.9 Å². The molecule has 0 saturated carbocycles. The first-order valence-corrected chi connectivity index (χ1v) is 8.65. The maximum atomic E-state index is 13.5. The highest BCUT2D eigenvalue weighted by Gasteiger charge is 2.07. The highest BCUT2D eigenvalue weighted by atomic mass is 19.1. The van der Waals surface area contributed by atoms with Crippen LogP contribution in [0.4, 0.5) is 4.39 Å². The second-order valence-corrected chi connectivity index (χ2v) is 6.41. The van der Waals surface area contributed by atoms with Gasteiger partial charge in [0.1, 0.15) is 5.82 Å². The van der Waals surface area contributed by atoms with Crippen LogP contribution in [0.15, 0.2) is 53.3 Å². The topological polar surface area (TPSA) is 62.0 Å². The molecule has 1 aromatic heterocycles. The summed E-state index contributed by atoms with van der Waals surface area (Å²) in [4.78, 5) is 26.9. The van der Waals surface area contributed by atoms with Gasteiger partial charge in [0.05, 0.1) is 0 Å². The number of aromatic amines is 1. The molecule has 3 rings (SSSR count). The first-order chi connectivity index (χ1) is 12.5. The summed E-state index contributed by atoms with van der Waals surface area (Å²) in [6.07, 6.45) is 1.02. The van der Waals surface area contributed by atoms with Crippen molar-refractivity contribution in [2.75, 3.05) is 6.54 Å². The van der Waals surface area contributed by atoms with Gasteiger partial charge in [-0.2, -0.15) is 0 Å².